The predicted octanol–water partition coefficient (Wildman–Crippen LogP) is 2.64. The zero-order valence-corrected chi connectivity index (χ0v) is 14.3. The number of ether oxygens (including phenoxy) is 2. The molecule has 1 aromatic rings. The first-order valence-corrected chi connectivity index (χ1v) is 6.96. The maximum atomic E-state index is 5.31. The molecule has 1 heterocycles. The van der Waals surface area contributed by atoms with Crippen molar-refractivity contribution in [3.05, 3.63) is 23.8 Å². The molecule has 0 atom stereocenters. The number of halogens is 2. The van der Waals surface area contributed by atoms with Crippen LogP contribution in [0.4, 0.5) is 0 Å². The molecule has 0 aromatic heterocycles. The van der Waals surface area contributed by atoms with E-state index in [1.54, 1.807) is 14.2 Å². The Balaban J connectivity index is 0.00000200. The number of nitrogens with one attached hydrogen (secondary N) is 2. The summed E-state index contributed by atoms with van der Waals surface area (Å²) in [6.45, 7) is 4.28. The summed E-state index contributed by atoms with van der Waals surface area (Å²) in [4.78, 5) is 0. The summed E-state index contributed by atoms with van der Waals surface area (Å²) in [6.07, 6.45) is 2.55. The summed E-state index contributed by atoms with van der Waals surface area (Å²) in [5.41, 5.74) is 1.23. The van der Waals surface area contributed by atoms with E-state index in [1.165, 1.54) is 18.4 Å². The number of rotatable bonds is 6. The molecule has 2 rings (SSSR count). The van der Waals surface area contributed by atoms with Gasteiger partial charge in [0.2, 0.25) is 0 Å². The number of piperidine rings is 1. The molecular weight excluding hydrogens is 311 g/mol. The summed E-state index contributed by atoms with van der Waals surface area (Å²) in [5.74, 6) is 2.38. The molecule has 0 amide bonds. The largest absolute Gasteiger partial charge is 0.493 e. The smallest absolute Gasteiger partial charge is 0.161 e. The van der Waals surface area contributed by atoms with E-state index in [-0.39, 0.29) is 24.8 Å². The second-order valence-electron chi connectivity index (χ2n) is 5.01. The lowest BCUT2D eigenvalue weighted by Gasteiger charge is -2.22. The minimum Gasteiger partial charge on any atom is -0.493 e. The molecule has 1 aliphatic rings. The monoisotopic (exact) mass is 336 g/mol. The van der Waals surface area contributed by atoms with Crippen LogP contribution in [-0.4, -0.2) is 33.9 Å². The van der Waals surface area contributed by atoms with Crippen LogP contribution in [0.25, 0.3) is 0 Å². The summed E-state index contributed by atoms with van der Waals surface area (Å²) in [6, 6.07) is 6.07. The summed E-state index contributed by atoms with van der Waals surface area (Å²) < 4.78 is 10.6. The molecule has 0 bridgehead atoms. The summed E-state index contributed by atoms with van der Waals surface area (Å²) in [5, 5.41) is 6.93. The van der Waals surface area contributed by atoms with E-state index in [1.807, 2.05) is 12.1 Å². The fraction of sp³-hybridized carbons (Fsp3) is 0.600. The normalized spacial score (nSPS) is 14.8. The molecule has 2 N–H and O–H groups in total. The first kappa shape index (κ1) is 20.3. The molecule has 0 aliphatic carbocycles. The zero-order chi connectivity index (χ0) is 13.5. The molecule has 0 radical (unpaired) electrons. The minimum absolute atomic E-state index is 0. The fourth-order valence-electron chi connectivity index (χ4n) is 2.50. The van der Waals surface area contributed by atoms with Gasteiger partial charge in [-0.2, -0.15) is 0 Å². The highest BCUT2D eigenvalue weighted by molar-refractivity contribution is 5.85. The van der Waals surface area contributed by atoms with Crippen LogP contribution < -0.4 is 20.1 Å². The van der Waals surface area contributed by atoms with Crippen LogP contribution in [0.15, 0.2) is 18.2 Å². The molecule has 0 spiro atoms. The molecule has 122 valence electrons. The predicted molar refractivity (Wildman–Crippen MR) is 91.3 cm³/mol. The topological polar surface area (TPSA) is 42.5 Å². The van der Waals surface area contributed by atoms with Gasteiger partial charge in [0.1, 0.15) is 0 Å². The second kappa shape index (κ2) is 11.0. The van der Waals surface area contributed by atoms with E-state index in [0.29, 0.717) is 0 Å². The lowest BCUT2D eigenvalue weighted by atomic mass is 9.98. The number of hydrogen-bond acceptors (Lipinski definition) is 4. The average molecular weight is 337 g/mol. The first-order chi connectivity index (χ1) is 9.33. The quantitative estimate of drug-likeness (QED) is 0.838. The van der Waals surface area contributed by atoms with Crippen LogP contribution in [0.1, 0.15) is 18.4 Å². The van der Waals surface area contributed by atoms with Gasteiger partial charge in [-0.15, -0.1) is 24.8 Å². The van der Waals surface area contributed by atoms with E-state index in [2.05, 4.69) is 16.7 Å². The Labute approximate surface area is 139 Å². The maximum Gasteiger partial charge on any atom is 0.161 e. The third-order valence-electron chi connectivity index (χ3n) is 3.67. The van der Waals surface area contributed by atoms with Crippen LogP contribution in [0.3, 0.4) is 0 Å². The van der Waals surface area contributed by atoms with Gasteiger partial charge in [-0.05, 0) is 56.1 Å². The lowest BCUT2D eigenvalue weighted by molar-refractivity contribution is 0.351. The Morgan fingerprint density at radius 1 is 1.10 bits per heavy atom. The van der Waals surface area contributed by atoms with Gasteiger partial charge in [-0.3, -0.25) is 0 Å². The van der Waals surface area contributed by atoms with Gasteiger partial charge in [-0.25, -0.2) is 0 Å². The van der Waals surface area contributed by atoms with Crippen LogP contribution in [-0.2, 0) is 6.54 Å². The molecule has 0 unspecified atom stereocenters. The van der Waals surface area contributed by atoms with E-state index in [4.69, 9.17) is 9.47 Å². The number of benzene rings is 1. The molecule has 4 nitrogen and oxygen atoms in total. The van der Waals surface area contributed by atoms with E-state index in [0.717, 1.165) is 43.6 Å². The van der Waals surface area contributed by atoms with Crippen LogP contribution in [0.2, 0.25) is 0 Å². The second-order valence-corrected chi connectivity index (χ2v) is 5.01. The van der Waals surface area contributed by atoms with Crippen molar-refractivity contribution in [2.75, 3.05) is 33.9 Å². The highest BCUT2D eigenvalue weighted by atomic mass is 35.5. The van der Waals surface area contributed by atoms with Gasteiger partial charge < -0.3 is 20.1 Å². The first-order valence-electron chi connectivity index (χ1n) is 6.96. The minimum atomic E-state index is 0. The Morgan fingerprint density at radius 3 is 2.38 bits per heavy atom. The van der Waals surface area contributed by atoms with Crippen molar-refractivity contribution in [2.24, 2.45) is 5.92 Å². The van der Waals surface area contributed by atoms with Crippen molar-refractivity contribution in [1.29, 1.82) is 0 Å². The summed E-state index contributed by atoms with van der Waals surface area (Å²) >= 11 is 0. The third kappa shape index (κ3) is 6.30. The van der Waals surface area contributed by atoms with Crippen molar-refractivity contribution in [3.63, 3.8) is 0 Å². The standard InChI is InChI=1S/C15H24N2O2.2ClH/c1-18-14-4-3-13(9-15(14)19-2)11-17-10-12-5-7-16-8-6-12;;/h3-4,9,12,16-17H,5-8,10-11H2,1-2H3;2*1H. The molecule has 1 saturated heterocycles. The van der Waals surface area contributed by atoms with Crippen molar-refractivity contribution < 1.29 is 9.47 Å². The highest BCUT2D eigenvalue weighted by Crippen LogP contribution is 2.27. The fourth-order valence-corrected chi connectivity index (χ4v) is 2.50. The molecule has 1 aliphatic heterocycles. The molecule has 1 aromatic carbocycles. The lowest BCUT2D eigenvalue weighted by Crippen LogP contribution is -2.33. The van der Waals surface area contributed by atoms with Gasteiger partial charge in [0.25, 0.3) is 0 Å². The summed E-state index contributed by atoms with van der Waals surface area (Å²) in [7, 11) is 3.33. The van der Waals surface area contributed by atoms with Gasteiger partial charge in [0, 0.05) is 6.54 Å². The van der Waals surface area contributed by atoms with E-state index in [9.17, 15) is 0 Å². The molecule has 1 fully saturated rings. The van der Waals surface area contributed by atoms with Gasteiger partial charge in [0.05, 0.1) is 14.2 Å². The highest BCUT2D eigenvalue weighted by Gasteiger charge is 2.12. The molecule has 6 heteroatoms. The Hall–Kier alpha value is -0.680. The van der Waals surface area contributed by atoms with Crippen molar-refractivity contribution in [2.45, 2.75) is 19.4 Å². The van der Waals surface area contributed by atoms with Crippen LogP contribution in [0, 0.1) is 5.92 Å². The van der Waals surface area contributed by atoms with Crippen molar-refractivity contribution >= 4 is 24.8 Å². The third-order valence-corrected chi connectivity index (χ3v) is 3.67. The van der Waals surface area contributed by atoms with Gasteiger partial charge in [0.15, 0.2) is 11.5 Å². The molecular formula is C15H26Cl2N2O2. The van der Waals surface area contributed by atoms with Gasteiger partial charge >= 0.3 is 0 Å². The molecule has 21 heavy (non-hydrogen) atoms. The van der Waals surface area contributed by atoms with Crippen LogP contribution >= 0.6 is 24.8 Å². The maximum absolute atomic E-state index is 5.31. The van der Waals surface area contributed by atoms with E-state index < -0.39 is 0 Å². The van der Waals surface area contributed by atoms with Crippen molar-refractivity contribution in [1.82, 2.24) is 10.6 Å². The zero-order valence-electron chi connectivity index (χ0n) is 12.7. The Kier molecular flexibility index (Phi) is 10.6. The number of methoxy groups -OCH3 is 2. The Morgan fingerprint density at radius 2 is 1.76 bits per heavy atom. The van der Waals surface area contributed by atoms with Crippen molar-refractivity contribution in [3.8, 4) is 11.5 Å². The van der Waals surface area contributed by atoms with Crippen LogP contribution in [0.5, 0.6) is 11.5 Å². The SMILES string of the molecule is COc1ccc(CNCC2CCNCC2)cc1OC.Cl.Cl. The number of hydrogen-bond donors (Lipinski definition) is 2. The van der Waals surface area contributed by atoms with E-state index >= 15 is 0 Å². The Bertz CT molecular complexity index is 399. The van der Waals surface area contributed by atoms with Gasteiger partial charge in [-0.1, -0.05) is 6.07 Å². The molecule has 0 saturated carbocycles. The average Bonchev–Trinajstić information content (AvgIpc) is 2.48.